The third-order valence-corrected chi connectivity index (χ3v) is 3.81. The largest absolute Gasteiger partial charge is 0.491 e. The minimum absolute atomic E-state index is 0.710. The maximum Gasteiger partial charge on any atom is 0.142 e. The van der Waals surface area contributed by atoms with Crippen molar-refractivity contribution in [3.8, 4) is 5.75 Å². The van der Waals surface area contributed by atoms with Gasteiger partial charge in [-0.25, -0.2) is 0 Å². The van der Waals surface area contributed by atoms with Crippen molar-refractivity contribution >= 4 is 5.69 Å². The Bertz CT molecular complexity index is 452. The molecule has 20 heavy (non-hydrogen) atoms. The molecule has 1 aliphatic rings. The Hall–Kier alpha value is -1.44. The van der Waals surface area contributed by atoms with E-state index in [1.807, 2.05) is 12.1 Å². The van der Waals surface area contributed by atoms with Crippen LogP contribution in [0.2, 0.25) is 0 Å². The van der Waals surface area contributed by atoms with E-state index in [1.54, 1.807) is 0 Å². The first-order valence-corrected chi connectivity index (χ1v) is 7.82. The van der Waals surface area contributed by atoms with Crippen LogP contribution in [0.1, 0.15) is 40.0 Å². The zero-order chi connectivity index (χ0) is 14.4. The molecule has 2 rings (SSSR count). The molecule has 0 saturated carbocycles. The molecule has 1 aromatic carbocycles. The first kappa shape index (κ1) is 15.0. The van der Waals surface area contributed by atoms with Gasteiger partial charge in [-0.2, -0.15) is 0 Å². The number of para-hydroxylation sites is 2. The number of rotatable bonds is 6. The molecule has 2 nitrogen and oxygen atoms in total. The van der Waals surface area contributed by atoms with Gasteiger partial charge in [0.1, 0.15) is 5.75 Å². The summed E-state index contributed by atoms with van der Waals surface area (Å²) in [7, 11) is 0. The van der Waals surface area contributed by atoms with Gasteiger partial charge in [-0.1, -0.05) is 37.6 Å². The number of hydrogen-bond donors (Lipinski definition) is 1. The van der Waals surface area contributed by atoms with Gasteiger partial charge in [0.2, 0.25) is 0 Å². The van der Waals surface area contributed by atoms with E-state index in [9.17, 15) is 0 Å². The summed E-state index contributed by atoms with van der Waals surface area (Å²) in [6, 6.07) is 8.26. The molecule has 0 aromatic heterocycles. The Labute approximate surface area is 123 Å². The topological polar surface area (TPSA) is 21.3 Å². The SMILES string of the molecule is CCCOc1ccccc1NCC1CC(C)=CC(C)C1. The highest BCUT2D eigenvalue weighted by molar-refractivity contribution is 5.56. The molecule has 0 amide bonds. The molecule has 110 valence electrons. The number of allylic oxidation sites excluding steroid dienone is 2. The van der Waals surface area contributed by atoms with E-state index in [-0.39, 0.29) is 0 Å². The second-order valence-corrected chi connectivity index (χ2v) is 6.02. The number of hydrogen-bond acceptors (Lipinski definition) is 2. The Morgan fingerprint density at radius 1 is 1.30 bits per heavy atom. The molecule has 0 spiro atoms. The summed E-state index contributed by atoms with van der Waals surface area (Å²) in [5, 5.41) is 3.58. The standard InChI is InChI=1S/C18H27NO/c1-4-9-20-18-8-6-5-7-17(18)19-13-16-11-14(2)10-15(3)12-16/h5-8,10,14,16,19H,4,9,11-13H2,1-3H3. The van der Waals surface area contributed by atoms with Crippen molar-refractivity contribution in [2.24, 2.45) is 11.8 Å². The molecule has 1 aromatic rings. The molecule has 2 atom stereocenters. The van der Waals surface area contributed by atoms with E-state index in [1.165, 1.54) is 18.4 Å². The van der Waals surface area contributed by atoms with Crippen molar-refractivity contribution in [3.05, 3.63) is 35.9 Å². The number of ether oxygens (including phenoxy) is 1. The highest BCUT2D eigenvalue weighted by atomic mass is 16.5. The fourth-order valence-electron chi connectivity index (χ4n) is 3.05. The number of nitrogens with one attached hydrogen (secondary N) is 1. The first-order chi connectivity index (χ1) is 9.69. The average molecular weight is 273 g/mol. The number of benzene rings is 1. The Balaban J connectivity index is 1.92. The van der Waals surface area contributed by atoms with E-state index in [0.717, 1.165) is 36.9 Å². The maximum absolute atomic E-state index is 5.79. The lowest BCUT2D eigenvalue weighted by molar-refractivity contribution is 0.318. The molecule has 0 fully saturated rings. The van der Waals surface area contributed by atoms with Gasteiger partial charge in [-0.15, -0.1) is 0 Å². The van der Waals surface area contributed by atoms with Crippen LogP contribution in [0.4, 0.5) is 5.69 Å². The van der Waals surface area contributed by atoms with E-state index < -0.39 is 0 Å². The Morgan fingerprint density at radius 3 is 2.85 bits per heavy atom. The van der Waals surface area contributed by atoms with Gasteiger partial charge in [0.25, 0.3) is 0 Å². The van der Waals surface area contributed by atoms with Crippen molar-refractivity contribution in [3.63, 3.8) is 0 Å². The third kappa shape index (κ3) is 4.29. The zero-order valence-corrected chi connectivity index (χ0v) is 13.0. The molecule has 1 aliphatic carbocycles. The van der Waals surface area contributed by atoms with E-state index in [2.05, 4.69) is 44.3 Å². The van der Waals surface area contributed by atoms with Crippen molar-refractivity contribution in [1.82, 2.24) is 0 Å². The monoisotopic (exact) mass is 273 g/mol. The fourth-order valence-corrected chi connectivity index (χ4v) is 3.05. The molecule has 1 N–H and O–H groups in total. The summed E-state index contributed by atoms with van der Waals surface area (Å²) in [4.78, 5) is 0. The molecule has 2 unspecified atom stereocenters. The fraction of sp³-hybridized carbons (Fsp3) is 0.556. The van der Waals surface area contributed by atoms with Crippen LogP contribution in [0.25, 0.3) is 0 Å². The first-order valence-electron chi connectivity index (χ1n) is 7.82. The van der Waals surface area contributed by atoms with Gasteiger partial charge in [0.15, 0.2) is 0 Å². The molecule has 2 heteroatoms. The molecule has 0 radical (unpaired) electrons. The summed E-state index contributed by atoms with van der Waals surface area (Å²) in [6.07, 6.45) is 5.95. The third-order valence-electron chi connectivity index (χ3n) is 3.81. The van der Waals surface area contributed by atoms with Gasteiger partial charge in [-0.3, -0.25) is 0 Å². The smallest absolute Gasteiger partial charge is 0.142 e. The Morgan fingerprint density at radius 2 is 2.10 bits per heavy atom. The lowest BCUT2D eigenvalue weighted by atomic mass is 9.84. The van der Waals surface area contributed by atoms with Crippen molar-refractivity contribution in [2.75, 3.05) is 18.5 Å². The summed E-state index contributed by atoms with van der Waals surface area (Å²) in [5.41, 5.74) is 2.66. The number of anilines is 1. The Kier molecular flexibility index (Phi) is 5.51. The van der Waals surface area contributed by atoms with Crippen LogP contribution < -0.4 is 10.1 Å². The van der Waals surface area contributed by atoms with Crippen LogP contribution in [-0.4, -0.2) is 13.2 Å². The van der Waals surface area contributed by atoms with E-state index >= 15 is 0 Å². The van der Waals surface area contributed by atoms with Gasteiger partial charge in [0.05, 0.1) is 12.3 Å². The summed E-state index contributed by atoms with van der Waals surface area (Å²) in [5.74, 6) is 2.42. The van der Waals surface area contributed by atoms with Crippen LogP contribution in [0.5, 0.6) is 5.75 Å². The van der Waals surface area contributed by atoms with E-state index in [4.69, 9.17) is 4.74 Å². The molecular formula is C18H27NO. The normalized spacial score (nSPS) is 22.2. The molecular weight excluding hydrogens is 246 g/mol. The van der Waals surface area contributed by atoms with Crippen LogP contribution in [-0.2, 0) is 0 Å². The lowest BCUT2D eigenvalue weighted by Crippen LogP contribution is -2.20. The van der Waals surface area contributed by atoms with Crippen molar-refractivity contribution in [1.29, 1.82) is 0 Å². The minimum atomic E-state index is 0.710. The minimum Gasteiger partial charge on any atom is -0.491 e. The summed E-state index contributed by atoms with van der Waals surface area (Å²) < 4.78 is 5.79. The van der Waals surface area contributed by atoms with Gasteiger partial charge in [-0.05, 0) is 50.2 Å². The molecule has 0 saturated heterocycles. The predicted molar refractivity (Wildman–Crippen MR) is 86.4 cm³/mol. The second-order valence-electron chi connectivity index (χ2n) is 6.02. The van der Waals surface area contributed by atoms with E-state index in [0.29, 0.717) is 5.92 Å². The molecule has 0 heterocycles. The van der Waals surface area contributed by atoms with Crippen LogP contribution in [0.3, 0.4) is 0 Å². The van der Waals surface area contributed by atoms with Gasteiger partial charge >= 0.3 is 0 Å². The zero-order valence-electron chi connectivity index (χ0n) is 13.0. The van der Waals surface area contributed by atoms with Gasteiger partial charge < -0.3 is 10.1 Å². The average Bonchev–Trinajstić information content (AvgIpc) is 2.43. The second kappa shape index (κ2) is 7.37. The molecule has 0 bridgehead atoms. The molecule has 0 aliphatic heterocycles. The maximum atomic E-state index is 5.79. The summed E-state index contributed by atoms with van der Waals surface area (Å²) in [6.45, 7) is 8.51. The van der Waals surface area contributed by atoms with Crippen LogP contribution >= 0.6 is 0 Å². The highest BCUT2D eigenvalue weighted by Crippen LogP contribution is 2.29. The van der Waals surface area contributed by atoms with Gasteiger partial charge in [0, 0.05) is 6.54 Å². The van der Waals surface area contributed by atoms with Crippen molar-refractivity contribution < 1.29 is 4.74 Å². The highest BCUT2D eigenvalue weighted by Gasteiger charge is 2.18. The van der Waals surface area contributed by atoms with Crippen LogP contribution in [0, 0.1) is 11.8 Å². The lowest BCUT2D eigenvalue weighted by Gasteiger charge is -2.26. The quantitative estimate of drug-likeness (QED) is 0.746. The van der Waals surface area contributed by atoms with Crippen LogP contribution in [0.15, 0.2) is 35.9 Å². The van der Waals surface area contributed by atoms with Crippen molar-refractivity contribution in [2.45, 2.75) is 40.0 Å². The predicted octanol–water partition coefficient (Wildman–Crippen LogP) is 4.88. The summed E-state index contributed by atoms with van der Waals surface area (Å²) >= 11 is 0.